The molecule has 1 heterocycles. The van der Waals surface area contributed by atoms with Crippen LogP contribution in [0.15, 0.2) is 46.9 Å². The Labute approximate surface area is 172 Å². The third-order valence-electron chi connectivity index (χ3n) is 4.72. The minimum absolute atomic E-state index is 0.250. The number of amides is 4. The molecule has 0 aliphatic carbocycles. The zero-order valence-corrected chi connectivity index (χ0v) is 17.2. The number of imide groups is 1. The molecule has 0 fully saturated rings. The van der Waals surface area contributed by atoms with Gasteiger partial charge in [0.05, 0.1) is 11.1 Å². The zero-order chi connectivity index (χ0) is 20.1. The smallest absolute Gasteiger partial charge is 0.314 e. The number of fused-ring (bicyclic) bond motifs is 1. The molecule has 0 atom stereocenters. The summed E-state index contributed by atoms with van der Waals surface area (Å²) < 4.78 is 0.762. The summed E-state index contributed by atoms with van der Waals surface area (Å²) in [5.41, 5.74) is 3.26. The van der Waals surface area contributed by atoms with Crippen molar-refractivity contribution >= 4 is 33.8 Å². The van der Waals surface area contributed by atoms with Crippen LogP contribution in [0.2, 0.25) is 0 Å². The number of hydrogen-bond donors (Lipinski definition) is 2. The van der Waals surface area contributed by atoms with Crippen molar-refractivity contribution in [3.05, 3.63) is 69.2 Å². The van der Waals surface area contributed by atoms with Crippen LogP contribution in [0.25, 0.3) is 0 Å². The standard InChI is InChI=1S/C21H22BrN3O3/c1-14-5-2-3-6-15(14)9-11-24-21(28)23-10-4-12-25-19(26)17-8-7-16(22)13-18(17)20(25)27/h2-3,5-8,13H,4,9-12H2,1H3,(H2,23,24,28). The maximum atomic E-state index is 12.4. The van der Waals surface area contributed by atoms with Crippen molar-refractivity contribution in [2.75, 3.05) is 19.6 Å². The van der Waals surface area contributed by atoms with Crippen molar-refractivity contribution in [3.8, 4) is 0 Å². The average Bonchev–Trinajstić information content (AvgIpc) is 2.90. The number of urea groups is 1. The Kier molecular flexibility index (Phi) is 6.46. The number of carbonyl (C=O) groups is 3. The molecule has 2 aromatic carbocycles. The average molecular weight is 444 g/mol. The summed E-state index contributed by atoms with van der Waals surface area (Å²) in [6.07, 6.45) is 1.27. The lowest BCUT2D eigenvalue weighted by Gasteiger charge is -2.14. The van der Waals surface area contributed by atoms with Crippen LogP contribution in [0.5, 0.6) is 0 Å². The van der Waals surface area contributed by atoms with Gasteiger partial charge in [0.15, 0.2) is 0 Å². The van der Waals surface area contributed by atoms with Crippen LogP contribution in [-0.4, -0.2) is 42.4 Å². The molecule has 6 nitrogen and oxygen atoms in total. The van der Waals surface area contributed by atoms with Crippen LogP contribution in [0.1, 0.15) is 38.3 Å². The Hall–Kier alpha value is -2.67. The highest BCUT2D eigenvalue weighted by molar-refractivity contribution is 9.10. The summed E-state index contributed by atoms with van der Waals surface area (Å²) in [5, 5.41) is 5.58. The Morgan fingerprint density at radius 1 is 1.00 bits per heavy atom. The monoisotopic (exact) mass is 443 g/mol. The van der Waals surface area contributed by atoms with Crippen LogP contribution in [0.3, 0.4) is 0 Å². The van der Waals surface area contributed by atoms with Gasteiger partial charge >= 0.3 is 6.03 Å². The molecule has 1 aliphatic rings. The van der Waals surface area contributed by atoms with Crippen LogP contribution in [0.4, 0.5) is 4.79 Å². The van der Waals surface area contributed by atoms with Gasteiger partial charge in [-0.3, -0.25) is 14.5 Å². The van der Waals surface area contributed by atoms with Crippen molar-refractivity contribution in [1.29, 1.82) is 0 Å². The summed E-state index contributed by atoms with van der Waals surface area (Å²) in [5.74, 6) is -0.570. The second-order valence-electron chi connectivity index (χ2n) is 6.66. The first kappa shape index (κ1) is 20.1. The minimum Gasteiger partial charge on any atom is -0.338 e. The molecule has 0 saturated heterocycles. The highest BCUT2D eigenvalue weighted by atomic mass is 79.9. The fraction of sp³-hybridized carbons (Fsp3) is 0.286. The number of aryl methyl sites for hydroxylation is 1. The molecule has 2 aromatic rings. The van der Waals surface area contributed by atoms with E-state index in [4.69, 9.17) is 0 Å². The van der Waals surface area contributed by atoms with Crippen LogP contribution in [-0.2, 0) is 6.42 Å². The molecular formula is C21H22BrN3O3. The van der Waals surface area contributed by atoms with Crippen molar-refractivity contribution < 1.29 is 14.4 Å². The van der Waals surface area contributed by atoms with Crippen molar-refractivity contribution in [3.63, 3.8) is 0 Å². The maximum absolute atomic E-state index is 12.4. The zero-order valence-electron chi connectivity index (χ0n) is 15.6. The first-order valence-electron chi connectivity index (χ1n) is 9.19. The summed E-state index contributed by atoms with van der Waals surface area (Å²) in [6, 6.07) is 12.9. The van der Waals surface area contributed by atoms with E-state index < -0.39 is 0 Å². The first-order chi connectivity index (χ1) is 13.5. The molecule has 0 radical (unpaired) electrons. The number of rotatable bonds is 7. The van der Waals surface area contributed by atoms with E-state index in [0.29, 0.717) is 30.6 Å². The number of nitrogens with one attached hydrogen (secondary N) is 2. The van der Waals surface area contributed by atoms with Gasteiger partial charge in [0.1, 0.15) is 0 Å². The van der Waals surface area contributed by atoms with E-state index in [-0.39, 0.29) is 24.4 Å². The third-order valence-corrected chi connectivity index (χ3v) is 5.21. The molecule has 0 bridgehead atoms. The van der Waals surface area contributed by atoms with Crippen LogP contribution >= 0.6 is 15.9 Å². The van der Waals surface area contributed by atoms with Crippen LogP contribution in [0, 0.1) is 6.92 Å². The lowest BCUT2D eigenvalue weighted by Crippen LogP contribution is -2.39. The quantitative estimate of drug-likeness (QED) is 0.508. The van der Waals surface area contributed by atoms with Crippen molar-refractivity contribution in [2.24, 2.45) is 0 Å². The van der Waals surface area contributed by atoms with E-state index in [9.17, 15) is 14.4 Å². The Morgan fingerprint density at radius 2 is 1.71 bits per heavy atom. The fourth-order valence-corrected chi connectivity index (χ4v) is 3.53. The molecule has 146 valence electrons. The molecule has 0 saturated carbocycles. The van der Waals surface area contributed by atoms with E-state index in [1.807, 2.05) is 25.1 Å². The van der Waals surface area contributed by atoms with Gasteiger partial charge in [-0.05, 0) is 49.1 Å². The van der Waals surface area contributed by atoms with Crippen LogP contribution < -0.4 is 10.6 Å². The summed E-state index contributed by atoms with van der Waals surface area (Å²) in [6.45, 7) is 3.25. The number of nitrogens with zero attached hydrogens (tertiary/aromatic N) is 1. The molecule has 2 N–H and O–H groups in total. The molecule has 0 spiro atoms. The number of hydrogen-bond acceptors (Lipinski definition) is 3. The van der Waals surface area contributed by atoms with Gasteiger partial charge in [0, 0.05) is 24.1 Å². The van der Waals surface area contributed by atoms with Gasteiger partial charge in [-0.25, -0.2) is 4.79 Å². The topological polar surface area (TPSA) is 78.5 Å². The van der Waals surface area contributed by atoms with E-state index in [1.165, 1.54) is 16.0 Å². The highest BCUT2D eigenvalue weighted by Crippen LogP contribution is 2.25. The largest absolute Gasteiger partial charge is 0.338 e. The van der Waals surface area contributed by atoms with E-state index in [1.54, 1.807) is 18.2 Å². The first-order valence-corrected chi connectivity index (χ1v) is 9.98. The predicted octanol–water partition coefficient (Wildman–Crippen LogP) is 3.29. The van der Waals surface area contributed by atoms with Gasteiger partial charge in [-0.1, -0.05) is 40.2 Å². The number of benzene rings is 2. The van der Waals surface area contributed by atoms with E-state index >= 15 is 0 Å². The third kappa shape index (κ3) is 4.59. The van der Waals surface area contributed by atoms with Gasteiger partial charge in [-0.15, -0.1) is 0 Å². The fourth-order valence-electron chi connectivity index (χ4n) is 3.17. The number of halogens is 1. The second kappa shape index (κ2) is 9.01. The predicted molar refractivity (Wildman–Crippen MR) is 110 cm³/mol. The van der Waals surface area contributed by atoms with Gasteiger partial charge < -0.3 is 10.6 Å². The Morgan fingerprint density at radius 3 is 2.50 bits per heavy atom. The lowest BCUT2D eigenvalue weighted by atomic mass is 10.1. The summed E-state index contributed by atoms with van der Waals surface area (Å²) >= 11 is 3.31. The second-order valence-corrected chi connectivity index (χ2v) is 7.58. The molecule has 7 heteroatoms. The van der Waals surface area contributed by atoms with Gasteiger partial charge in [0.2, 0.25) is 0 Å². The van der Waals surface area contributed by atoms with Crippen molar-refractivity contribution in [1.82, 2.24) is 15.5 Å². The molecule has 1 aliphatic heterocycles. The summed E-state index contributed by atoms with van der Waals surface area (Å²) in [4.78, 5) is 37.8. The van der Waals surface area contributed by atoms with Crippen molar-refractivity contribution in [2.45, 2.75) is 19.8 Å². The molecule has 3 rings (SSSR count). The van der Waals surface area contributed by atoms with Gasteiger partial charge in [-0.2, -0.15) is 0 Å². The SMILES string of the molecule is Cc1ccccc1CCNC(=O)NCCCN1C(=O)c2ccc(Br)cc2C1=O. The van der Waals surface area contributed by atoms with Gasteiger partial charge in [0.25, 0.3) is 11.8 Å². The molecule has 0 aromatic heterocycles. The molecular weight excluding hydrogens is 422 g/mol. The van der Waals surface area contributed by atoms with E-state index in [0.717, 1.165) is 10.9 Å². The minimum atomic E-state index is -0.288. The molecule has 0 unspecified atom stereocenters. The Balaban J connectivity index is 1.38. The Bertz CT molecular complexity index is 914. The normalized spacial score (nSPS) is 12.9. The highest BCUT2D eigenvalue weighted by Gasteiger charge is 2.34. The molecule has 4 amide bonds. The summed E-state index contributed by atoms with van der Waals surface area (Å²) in [7, 11) is 0. The molecule has 28 heavy (non-hydrogen) atoms. The number of carbonyl (C=O) groups excluding carboxylic acids is 3. The van der Waals surface area contributed by atoms with E-state index in [2.05, 4.69) is 32.6 Å². The maximum Gasteiger partial charge on any atom is 0.314 e. The lowest BCUT2D eigenvalue weighted by molar-refractivity contribution is 0.0653.